The first-order chi connectivity index (χ1) is 14.7. The van der Waals surface area contributed by atoms with E-state index in [4.69, 9.17) is 0 Å². The fourth-order valence-corrected chi connectivity index (χ4v) is 6.62. The summed E-state index contributed by atoms with van der Waals surface area (Å²) in [5.41, 5.74) is 3.28. The first kappa shape index (κ1) is 20.7. The van der Waals surface area contributed by atoms with E-state index in [0.29, 0.717) is 11.1 Å². The second kappa shape index (κ2) is 9.96. The predicted molar refractivity (Wildman–Crippen MR) is 125 cm³/mol. The maximum Gasteiger partial charge on any atom is 0.127 e. The van der Waals surface area contributed by atoms with Crippen LogP contribution in [0.4, 0.5) is 8.78 Å². The fourth-order valence-electron chi connectivity index (χ4n) is 3.32. The van der Waals surface area contributed by atoms with Crippen molar-refractivity contribution in [1.29, 1.82) is 0 Å². The zero-order valence-electron chi connectivity index (χ0n) is 16.1. The standard InChI is InChI=1S/C26H20F2S2/c27-23-17-9-7-15-21(23)25(19-11-3-1-4-12-19)29-30-26(20-13-5-2-6-14-20)22-16-8-10-18-24(22)28/h1-18,25-26H. The Balaban J connectivity index is 1.70. The summed E-state index contributed by atoms with van der Waals surface area (Å²) >= 11 is 0. The van der Waals surface area contributed by atoms with Gasteiger partial charge in [0.2, 0.25) is 0 Å². The zero-order chi connectivity index (χ0) is 20.8. The predicted octanol–water partition coefficient (Wildman–Crippen LogP) is 8.23. The zero-order valence-corrected chi connectivity index (χ0v) is 17.8. The van der Waals surface area contributed by atoms with Gasteiger partial charge in [0.15, 0.2) is 0 Å². The lowest BCUT2D eigenvalue weighted by Gasteiger charge is -2.22. The van der Waals surface area contributed by atoms with Gasteiger partial charge in [0, 0.05) is 11.1 Å². The average molecular weight is 435 g/mol. The normalized spacial score (nSPS) is 13.0. The summed E-state index contributed by atoms with van der Waals surface area (Å²) in [5, 5.41) is -0.425. The van der Waals surface area contributed by atoms with Crippen molar-refractivity contribution in [2.75, 3.05) is 0 Å². The molecular weight excluding hydrogens is 414 g/mol. The van der Waals surface area contributed by atoms with E-state index in [1.807, 2.05) is 84.9 Å². The molecule has 30 heavy (non-hydrogen) atoms. The number of halogens is 2. The Morgan fingerprint density at radius 1 is 0.433 bits per heavy atom. The van der Waals surface area contributed by atoms with E-state index >= 15 is 0 Å². The molecule has 0 saturated heterocycles. The highest BCUT2D eigenvalue weighted by molar-refractivity contribution is 8.76. The third kappa shape index (κ3) is 4.77. The molecule has 4 aromatic carbocycles. The van der Waals surface area contributed by atoms with Crippen LogP contribution < -0.4 is 0 Å². The van der Waals surface area contributed by atoms with Gasteiger partial charge in [-0.25, -0.2) is 8.78 Å². The summed E-state index contributed by atoms with van der Waals surface area (Å²) in [4.78, 5) is 0. The fraction of sp³-hybridized carbons (Fsp3) is 0.0769. The van der Waals surface area contributed by atoms with Gasteiger partial charge in [-0.2, -0.15) is 0 Å². The Kier molecular flexibility index (Phi) is 6.88. The molecule has 0 saturated carbocycles. The van der Waals surface area contributed by atoms with Crippen LogP contribution in [-0.4, -0.2) is 0 Å². The van der Waals surface area contributed by atoms with Crippen LogP contribution >= 0.6 is 21.6 Å². The van der Waals surface area contributed by atoms with Gasteiger partial charge in [-0.05, 0) is 23.3 Å². The van der Waals surface area contributed by atoms with E-state index < -0.39 is 0 Å². The second-order valence-corrected chi connectivity index (χ2v) is 9.30. The molecule has 150 valence electrons. The molecule has 0 aliphatic carbocycles. The van der Waals surface area contributed by atoms with Crippen molar-refractivity contribution >= 4 is 21.6 Å². The molecule has 4 heteroatoms. The van der Waals surface area contributed by atoms with Crippen LogP contribution in [0.1, 0.15) is 32.8 Å². The van der Waals surface area contributed by atoms with Gasteiger partial charge in [-0.3, -0.25) is 0 Å². The highest BCUT2D eigenvalue weighted by Crippen LogP contribution is 2.51. The Morgan fingerprint density at radius 3 is 1.13 bits per heavy atom. The average Bonchev–Trinajstić information content (AvgIpc) is 2.80. The number of rotatable bonds is 7. The number of hydrogen-bond donors (Lipinski definition) is 0. The molecule has 0 spiro atoms. The molecule has 0 aliphatic heterocycles. The molecule has 4 rings (SSSR count). The topological polar surface area (TPSA) is 0 Å². The Bertz CT molecular complexity index is 995. The Morgan fingerprint density at radius 2 is 0.767 bits per heavy atom. The molecule has 0 aromatic heterocycles. The number of benzene rings is 4. The first-order valence-electron chi connectivity index (χ1n) is 9.65. The van der Waals surface area contributed by atoms with E-state index in [1.165, 1.54) is 12.1 Å². The highest BCUT2D eigenvalue weighted by atomic mass is 33.1. The van der Waals surface area contributed by atoms with Crippen molar-refractivity contribution in [3.8, 4) is 0 Å². The summed E-state index contributed by atoms with van der Waals surface area (Å²) in [7, 11) is 3.12. The van der Waals surface area contributed by atoms with Gasteiger partial charge in [-0.1, -0.05) is 119 Å². The quantitative estimate of drug-likeness (QED) is 0.269. The van der Waals surface area contributed by atoms with E-state index in [2.05, 4.69) is 0 Å². The van der Waals surface area contributed by atoms with Gasteiger partial charge >= 0.3 is 0 Å². The van der Waals surface area contributed by atoms with Crippen LogP contribution in [0, 0.1) is 11.6 Å². The molecular formula is C26H20F2S2. The van der Waals surface area contributed by atoms with Crippen molar-refractivity contribution in [2.45, 2.75) is 10.5 Å². The summed E-state index contributed by atoms with van der Waals surface area (Å²) in [6.45, 7) is 0. The van der Waals surface area contributed by atoms with Gasteiger partial charge in [-0.15, -0.1) is 0 Å². The Labute approximate surface area is 183 Å². The second-order valence-electron chi connectivity index (χ2n) is 6.82. The molecule has 2 atom stereocenters. The largest absolute Gasteiger partial charge is 0.207 e. The molecule has 0 radical (unpaired) electrons. The van der Waals surface area contributed by atoms with Crippen molar-refractivity contribution < 1.29 is 8.78 Å². The van der Waals surface area contributed by atoms with E-state index in [-0.39, 0.29) is 22.1 Å². The molecule has 0 bridgehead atoms. The minimum atomic E-state index is -0.235. The van der Waals surface area contributed by atoms with Crippen molar-refractivity contribution in [1.82, 2.24) is 0 Å². The third-order valence-electron chi connectivity index (χ3n) is 4.83. The van der Waals surface area contributed by atoms with Crippen LogP contribution in [0.25, 0.3) is 0 Å². The van der Waals surface area contributed by atoms with Crippen LogP contribution in [0.5, 0.6) is 0 Å². The molecule has 4 aromatic rings. The van der Waals surface area contributed by atoms with E-state index in [9.17, 15) is 8.78 Å². The summed E-state index contributed by atoms with van der Waals surface area (Å²) < 4.78 is 29.4. The molecule has 2 unspecified atom stereocenters. The highest BCUT2D eigenvalue weighted by Gasteiger charge is 2.24. The molecule has 0 amide bonds. The first-order valence-corrected chi connectivity index (χ1v) is 11.9. The summed E-state index contributed by atoms with van der Waals surface area (Å²) in [6, 6.07) is 33.5. The van der Waals surface area contributed by atoms with Gasteiger partial charge in [0.25, 0.3) is 0 Å². The van der Waals surface area contributed by atoms with Crippen LogP contribution in [0.2, 0.25) is 0 Å². The van der Waals surface area contributed by atoms with Gasteiger partial charge < -0.3 is 0 Å². The molecule has 0 N–H and O–H groups in total. The molecule has 0 aliphatic rings. The number of hydrogen-bond acceptors (Lipinski definition) is 2. The SMILES string of the molecule is Fc1ccccc1C(SSC(c1ccccc1)c1ccccc1F)c1ccccc1. The van der Waals surface area contributed by atoms with E-state index in [1.54, 1.807) is 33.7 Å². The molecule has 0 nitrogen and oxygen atoms in total. The van der Waals surface area contributed by atoms with Crippen LogP contribution in [0.3, 0.4) is 0 Å². The maximum atomic E-state index is 14.7. The Hall–Kier alpha value is -2.56. The lowest BCUT2D eigenvalue weighted by atomic mass is 10.0. The lowest BCUT2D eigenvalue weighted by Crippen LogP contribution is -2.02. The minimum absolute atomic E-state index is 0.213. The molecule has 0 fully saturated rings. The van der Waals surface area contributed by atoms with Gasteiger partial charge in [0.1, 0.15) is 11.6 Å². The van der Waals surface area contributed by atoms with Crippen LogP contribution in [-0.2, 0) is 0 Å². The third-order valence-corrected chi connectivity index (χ3v) is 7.86. The summed E-state index contributed by atoms with van der Waals surface area (Å²) in [5.74, 6) is -0.469. The summed E-state index contributed by atoms with van der Waals surface area (Å²) in [6.07, 6.45) is 0. The molecule has 0 heterocycles. The minimum Gasteiger partial charge on any atom is -0.207 e. The van der Waals surface area contributed by atoms with Crippen molar-refractivity contribution in [3.05, 3.63) is 143 Å². The monoisotopic (exact) mass is 434 g/mol. The van der Waals surface area contributed by atoms with E-state index in [0.717, 1.165) is 11.1 Å². The lowest BCUT2D eigenvalue weighted by molar-refractivity contribution is 0.612. The van der Waals surface area contributed by atoms with Crippen molar-refractivity contribution in [3.63, 3.8) is 0 Å². The maximum absolute atomic E-state index is 14.7. The smallest absolute Gasteiger partial charge is 0.127 e. The van der Waals surface area contributed by atoms with Crippen molar-refractivity contribution in [2.24, 2.45) is 0 Å². The van der Waals surface area contributed by atoms with Gasteiger partial charge in [0.05, 0.1) is 10.5 Å². The van der Waals surface area contributed by atoms with Crippen LogP contribution in [0.15, 0.2) is 109 Å².